The molecule has 12 heavy (non-hydrogen) atoms. The molecule has 0 aliphatic carbocycles. The summed E-state index contributed by atoms with van der Waals surface area (Å²) < 4.78 is 0. The van der Waals surface area contributed by atoms with Gasteiger partial charge in [0.05, 0.1) is 0 Å². The van der Waals surface area contributed by atoms with Crippen LogP contribution in [-0.2, 0) is 0 Å². The van der Waals surface area contributed by atoms with Gasteiger partial charge in [0.2, 0.25) is 0 Å². The van der Waals surface area contributed by atoms with Gasteiger partial charge >= 0.3 is 0 Å². The van der Waals surface area contributed by atoms with Crippen molar-refractivity contribution in [1.29, 1.82) is 0 Å². The SMILES string of the molecule is CCCNCSc1ncncn1. The van der Waals surface area contributed by atoms with Gasteiger partial charge in [-0.05, 0) is 13.0 Å². The van der Waals surface area contributed by atoms with Gasteiger partial charge in [-0.1, -0.05) is 18.7 Å². The van der Waals surface area contributed by atoms with E-state index in [1.54, 1.807) is 11.8 Å². The Labute approximate surface area is 76.2 Å². The molecule has 0 unspecified atom stereocenters. The van der Waals surface area contributed by atoms with Crippen molar-refractivity contribution in [3.8, 4) is 0 Å². The van der Waals surface area contributed by atoms with Gasteiger partial charge in [-0.25, -0.2) is 15.0 Å². The van der Waals surface area contributed by atoms with Gasteiger partial charge in [-0.2, -0.15) is 0 Å². The van der Waals surface area contributed by atoms with Crippen LogP contribution in [-0.4, -0.2) is 27.4 Å². The maximum Gasteiger partial charge on any atom is 0.191 e. The molecule has 0 fully saturated rings. The van der Waals surface area contributed by atoms with Crippen LogP contribution in [0.25, 0.3) is 0 Å². The number of nitrogens with one attached hydrogen (secondary N) is 1. The summed E-state index contributed by atoms with van der Waals surface area (Å²) in [4.78, 5) is 11.7. The third-order valence-electron chi connectivity index (χ3n) is 1.20. The van der Waals surface area contributed by atoms with Crippen molar-refractivity contribution in [2.45, 2.75) is 18.5 Å². The molecule has 4 nitrogen and oxygen atoms in total. The lowest BCUT2D eigenvalue weighted by molar-refractivity contribution is 0.754. The second-order valence-corrected chi connectivity index (χ2v) is 3.15. The van der Waals surface area contributed by atoms with Crippen LogP contribution in [0, 0.1) is 0 Å². The Morgan fingerprint density at radius 3 is 2.83 bits per heavy atom. The van der Waals surface area contributed by atoms with Crippen molar-refractivity contribution in [3.05, 3.63) is 12.7 Å². The standard InChI is InChI=1S/C7H12N4S/c1-2-3-8-6-12-7-10-4-9-5-11-7/h4-5,8H,2-3,6H2,1H3. The summed E-state index contributed by atoms with van der Waals surface area (Å²) in [6.45, 7) is 3.18. The van der Waals surface area contributed by atoms with Gasteiger partial charge in [0.1, 0.15) is 12.7 Å². The summed E-state index contributed by atoms with van der Waals surface area (Å²) in [5.74, 6) is 0.859. The number of thioether (sulfide) groups is 1. The molecule has 0 amide bonds. The second-order valence-electron chi connectivity index (χ2n) is 2.21. The highest BCUT2D eigenvalue weighted by Gasteiger charge is 1.93. The van der Waals surface area contributed by atoms with Crippen LogP contribution in [0.4, 0.5) is 0 Å². The van der Waals surface area contributed by atoms with E-state index in [2.05, 4.69) is 27.2 Å². The van der Waals surface area contributed by atoms with Crippen molar-refractivity contribution in [2.24, 2.45) is 0 Å². The molecule has 0 aliphatic heterocycles. The first-order chi connectivity index (χ1) is 5.93. The van der Waals surface area contributed by atoms with E-state index < -0.39 is 0 Å². The van der Waals surface area contributed by atoms with Gasteiger partial charge in [-0.3, -0.25) is 0 Å². The number of aromatic nitrogens is 3. The zero-order valence-corrected chi connectivity index (χ0v) is 7.84. The van der Waals surface area contributed by atoms with Crippen LogP contribution in [0.5, 0.6) is 0 Å². The Hall–Kier alpha value is -0.680. The minimum Gasteiger partial charge on any atom is -0.308 e. The van der Waals surface area contributed by atoms with Crippen LogP contribution in [0.1, 0.15) is 13.3 Å². The minimum absolute atomic E-state index is 0.772. The number of hydrogen-bond acceptors (Lipinski definition) is 5. The largest absolute Gasteiger partial charge is 0.308 e. The Morgan fingerprint density at radius 1 is 1.42 bits per heavy atom. The quantitative estimate of drug-likeness (QED) is 0.419. The monoisotopic (exact) mass is 184 g/mol. The van der Waals surface area contributed by atoms with E-state index in [1.807, 2.05) is 0 Å². The highest BCUT2D eigenvalue weighted by molar-refractivity contribution is 7.99. The van der Waals surface area contributed by atoms with E-state index in [0.717, 1.165) is 24.0 Å². The van der Waals surface area contributed by atoms with Gasteiger partial charge in [0.25, 0.3) is 0 Å². The molecule has 0 atom stereocenters. The third-order valence-corrected chi connectivity index (χ3v) is 2.02. The fraction of sp³-hybridized carbons (Fsp3) is 0.571. The molecule has 1 N–H and O–H groups in total. The molecule has 0 bridgehead atoms. The Morgan fingerprint density at radius 2 is 2.17 bits per heavy atom. The molecule has 0 aliphatic rings. The fourth-order valence-corrected chi connectivity index (χ4v) is 1.29. The molecular formula is C7H12N4S. The predicted molar refractivity (Wildman–Crippen MR) is 48.8 cm³/mol. The normalized spacial score (nSPS) is 10.1. The lowest BCUT2D eigenvalue weighted by Crippen LogP contribution is -2.13. The molecule has 66 valence electrons. The fourth-order valence-electron chi connectivity index (χ4n) is 0.668. The molecule has 0 aromatic carbocycles. The Bertz CT molecular complexity index is 204. The van der Waals surface area contributed by atoms with E-state index in [9.17, 15) is 0 Å². The summed E-state index contributed by atoms with van der Waals surface area (Å²) in [6.07, 6.45) is 4.17. The summed E-state index contributed by atoms with van der Waals surface area (Å²) in [5.41, 5.74) is 0. The molecule has 5 heteroatoms. The molecule has 1 rings (SSSR count). The van der Waals surface area contributed by atoms with Crippen LogP contribution in [0.15, 0.2) is 17.8 Å². The van der Waals surface area contributed by atoms with Crippen LogP contribution >= 0.6 is 11.8 Å². The third kappa shape index (κ3) is 3.64. The van der Waals surface area contributed by atoms with Gasteiger partial charge in [-0.15, -0.1) is 0 Å². The number of rotatable bonds is 5. The Balaban J connectivity index is 2.16. The zero-order chi connectivity index (χ0) is 8.65. The molecule has 1 heterocycles. The summed E-state index contributed by atoms with van der Waals surface area (Å²) >= 11 is 1.59. The van der Waals surface area contributed by atoms with Gasteiger partial charge in [0.15, 0.2) is 5.16 Å². The average Bonchev–Trinajstić information content (AvgIpc) is 2.14. The van der Waals surface area contributed by atoms with E-state index in [1.165, 1.54) is 12.7 Å². The smallest absolute Gasteiger partial charge is 0.191 e. The van der Waals surface area contributed by atoms with Crippen LogP contribution < -0.4 is 5.32 Å². The lowest BCUT2D eigenvalue weighted by atomic mass is 10.5. The average molecular weight is 184 g/mol. The molecule has 0 spiro atoms. The van der Waals surface area contributed by atoms with Crippen molar-refractivity contribution >= 4 is 11.8 Å². The van der Waals surface area contributed by atoms with Crippen LogP contribution in [0.3, 0.4) is 0 Å². The highest BCUT2D eigenvalue weighted by atomic mass is 32.2. The molecule has 0 radical (unpaired) electrons. The first kappa shape index (κ1) is 9.41. The topological polar surface area (TPSA) is 50.7 Å². The summed E-state index contributed by atoms with van der Waals surface area (Å²) in [7, 11) is 0. The number of nitrogens with zero attached hydrogens (tertiary/aromatic N) is 3. The van der Waals surface area contributed by atoms with Crippen molar-refractivity contribution < 1.29 is 0 Å². The Kier molecular flexibility index (Phi) is 4.63. The number of hydrogen-bond donors (Lipinski definition) is 1. The van der Waals surface area contributed by atoms with Gasteiger partial charge in [0, 0.05) is 5.88 Å². The maximum absolute atomic E-state index is 3.98. The molecule has 0 saturated heterocycles. The highest BCUT2D eigenvalue weighted by Crippen LogP contribution is 2.07. The van der Waals surface area contributed by atoms with Crippen LogP contribution in [0.2, 0.25) is 0 Å². The van der Waals surface area contributed by atoms with E-state index >= 15 is 0 Å². The first-order valence-electron chi connectivity index (χ1n) is 3.89. The summed E-state index contributed by atoms with van der Waals surface area (Å²) in [5, 5.41) is 4.02. The molecular weight excluding hydrogens is 172 g/mol. The van der Waals surface area contributed by atoms with Crippen molar-refractivity contribution in [1.82, 2.24) is 20.3 Å². The lowest BCUT2D eigenvalue weighted by Gasteiger charge is -1.99. The van der Waals surface area contributed by atoms with Crippen molar-refractivity contribution in [2.75, 3.05) is 12.4 Å². The van der Waals surface area contributed by atoms with Gasteiger partial charge < -0.3 is 5.32 Å². The van der Waals surface area contributed by atoms with E-state index in [-0.39, 0.29) is 0 Å². The second kappa shape index (κ2) is 5.91. The minimum atomic E-state index is 0.772. The predicted octanol–water partition coefficient (Wildman–Crippen LogP) is 0.921. The maximum atomic E-state index is 3.98. The molecule has 1 aromatic rings. The molecule has 1 aromatic heterocycles. The molecule has 0 saturated carbocycles. The van der Waals surface area contributed by atoms with Crippen molar-refractivity contribution in [3.63, 3.8) is 0 Å². The van der Waals surface area contributed by atoms with E-state index in [0.29, 0.717) is 0 Å². The van der Waals surface area contributed by atoms with E-state index in [4.69, 9.17) is 0 Å². The first-order valence-corrected chi connectivity index (χ1v) is 4.87. The summed E-state index contributed by atoms with van der Waals surface area (Å²) in [6, 6.07) is 0. The zero-order valence-electron chi connectivity index (χ0n) is 7.03.